The van der Waals surface area contributed by atoms with Crippen LogP contribution < -0.4 is 5.73 Å². The van der Waals surface area contributed by atoms with E-state index in [-0.39, 0.29) is 0 Å². The molecule has 1 nitrogen and oxygen atoms in total. The summed E-state index contributed by atoms with van der Waals surface area (Å²) in [7, 11) is 0. The predicted octanol–water partition coefficient (Wildman–Crippen LogP) is 3.73. The van der Waals surface area contributed by atoms with Gasteiger partial charge in [0.15, 0.2) is 0 Å². The Labute approximate surface area is 105 Å². The third-order valence-corrected chi connectivity index (χ3v) is 4.22. The zero-order valence-electron chi connectivity index (χ0n) is 11.5. The highest BCUT2D eigenvalue weighted by Crippen LogP contribution is 2.53. The van der Waals surface area contributed by atoms with E-state index < -0.39 is 0 Å². The first-order valence-corrected chi connectivity index (χ1v) is 6.74. The predicted molar refractivity (Wildman–Crippen MR) is 74.1 cm³/mol. The molecular formula is C16H25N. The van der Waals surface area contributed by atoms with Crippen LogP contribution in [0.3, 0.4) is 0 Å². The normalized spacial score (nSPS) is 23.8. The molecule has 94 valence electrons. The first-order chi connectivity index (χ1) is 7.90. The summed E-state index contributed by atoms with van der Waals surface area (Å²) in [6, 6.07) is 9.29. The molecule has 0 bridgehead atoms. The fourth-order valence-corrected chi connectivity index (χ4v) is 2.69. The van der Waals surface area contributed by atoms with Crippen LogP contribution in [0.15, 0.2) is 24.3 Å². The highest BCUT2D eigenvalue weighted by Gasteiger charge is 2.48. The topological polar surface area (TPSA) is 26.0 Å². The van der Waals surface area contributed by atoms with E-state index in [1.54, 1.807) is 0 Å². The van der Waals surface area contributed by atoms with Crippen LogP contribution in [0.25, 0.3) is 0 Å². The minimum absolute atomic E-state index is 0.329. The van der Waals surface area contributed by atoms with Gasteiger partial charge in [-0.1, -0.05) is 52.0 Å². The molecule has 0 aromatic heterocycles. The van der Waals surface area contributed by atoms with Crippen LogP contribution in [-0.2, 0) is 6.42 Å². The highest BCUT2D eigenvalue weighted by atomic mass is 14.7. The number of benzene rings is 1. The van der Waals surface area contributed by atoms with Gasteiger partial charge in [0, 0.05) is 6.04 Å². The summed E-state index contributed by atoms with van der Waals surface area (Å²) in [5.74, 6) is 1.33. The lowest BCUT2D eigenvalue weighted by Crippen LogP contribution is -2.27. The van der Waals surface area contributed by atoms with Gasteiger partial charge in [0.25, 0.3) is 0 Å². The molecule has 1 heteroatoms. The third-order valence-electron chi connectivity index (χ3n) is 4.22. The van der Waals surface area contributed by atoms with Crippen molar-refractivity contribution < 1.29 is 0 Å². The summed E-state index contributed by atoms with van der Waals surface area (Å²) in [6.07, 6.45) is 2.31. The second-order valence-electron chi connectivity index (χ2n) is 6.56. The lowest BCUT2D eigenvalue weighted by atomic mass is 9.96. The molecule has 2 rings (SSSR count). The second kappa shape index (κ2) is 4.45. The Hall–Kier alpha value is -0.820. The number of hydrogen-bond acceptors (Lipinski definition) is 1. The van der Waals surface area contributed by atoms with Gasteiger partial charge in [-0.25, -0.2) is 0 Å². The fourth-order valence-electron chi connectivity index (χ4n) is 2.69. The van der Waals surface area contributed by atoms with Crippen molar-refractivity contribution in [1.29, 1.82) is 0 Å². The fraction of sp³-hybridized carbons (Fsp3) is 0.625. The largest absolute Gasteiger partial charge is 0.327 e. The average molecular weight is 231 g/mol. The van der Waals surface area contributed by atoms with E-state index in [4.69, 9.17) is 5.73 Å². The first-order valence-electron chi connectivity index (χ1n) is 6.74. The Morgan fingerprint density at radius 2 is 1.76 bits per heavy atom. The van der Waals surface area contributed by atoms with Crippen molar-refractivity contribution in [3.8, 4) is 0 Å². The number of nitrogens with two attached hydrogens (primary N) is 1. The molecule has 0 spiro atoms. The highest BCUT2D eigenvalue weighted by molar-refractivity contribution is 5.25. The Kier molecular flexibility index (Phi) is 3.31. The molecule has 17 heavy (non-hydrogen) atoms. The SMILES string of the molecule is CC(C)c1ccc(CC(N)C2CC2(C)C)cc1. The van der Waals surface area contributed by atoms with Gasteiger partial charge >= 0.3 is 0 Å². The monoisotopic (exact) mass is 231 g/mol. The molecule has 2 atom stereocenters. The molecule has 0 saturated heterocycles. The second-order valence-corrected chi connectivity index (χ2v) is 6.56. The van der Waals surface area contributed by atoms with Crippen LogP contribution in [-0.4, -0.2) is 6.04 Å². The van der Waals surface area contributed by atoms with Crippen molar-refractivity contribution in [2.24, 2.45) is 17.1 Å². The molecule has 2 unspecified atom stereocenters. The maximum Gasteiger partial charge on any atom is 0.0113 e. The quantitative estimate of drug-likeness (QED) is 0.839. The number of hydrogen-bond donors (Lipinski definition) is 1. The van der Waals surface area contributed by atoms with E-state index in [1.807, 2.05) is 0 Å². The summed E-state index contributed by atoms with van der Waals surface area (Å²) in [5, 5.41) is 0. The van der Waals surface area contributed by atoms with E-state index in [9.17, 15) is 0 Å². The van der Waals surface area contributed by atoms with Gasteiger partial charge in [0.2, 0.25) is 0 Å². The third kappa shape index (κ3) is 2.90. The molecular weight excluding hydrogens is 206 g/mol. The van der Waals surface area contributed by atoms with Gasteiger partial charge in [0.1, 0.15) is 0 Å². The van der Waals surface area contributed by atoms with Crippen LogP contribution in [0, 0.1) is 11.3 Å². The van der Waals surface area contributed by atoms with E-state index in [0.717, 1.165) is 6.42 Å². The van der Waals surface area contributed by atoms with Crippen LogP contribution in [0.4, 0.5) is 0 Å². The summed E-state index contributed by atoms with van der Waals surface area (Å²) in [4.78, 5) is 0. The van der Waals surface area contributed by atoms with Crippen molar-refractivity contribution >= 4 is 0 Å². The maximum atomic E-state index is 6.28. The Balaban J connectivity index is 1.95. The van der Waals surface area contributed by atoms with Crippen molar-refractivity contribution in [2.45, 2.75) is 52.5 Å². The van der Waals surface area contributed by atoms with E-state index >= 15 is 0 Å². The van der Waals surface area contributed by atoms with Gasteiger partial charge in [0.05, 0.1) is 0 Å². The van der Waals surface area contributed by atoms with E-state index in [2.05, 4.69) is 52.0 Å². The smallest absolute Gasteiger partial charge is 0.0113 e. The molecule has 1 fully saturated rings. The van der Waals surface area contributed by atoms with Gasteiger partial charge in [-0.2, -0.15) is 0 Å². The van der Waals surface area contributed by atoms with Crippen molar-refractivity contribution in [2.75, 3.05) is 0 Å². The van der Waals surface area contributed by atoms with Crippen LogP contribution in [0.2, 0.25) is 0 Å². The number of rotatable bonds is 4. The van der Waals surface area contributed by atoms with Crippen LogP contribution in [0.1, 0.15) is 51.2 Å². The van der Waals surface area contributed by atoms with E-state index in [1.165, 1.54) is 17.5 Å². The lowest BCUT2D eigenvalue weighted by Gasteiger charge is -2.14. The molecule has 1 aliphatic rings. The summed E-state index contributed by atoms with van der Waals surface area (Å²) in [5.41, 5.74) is 9.56. The molecule has 1 aromatic carbocycles. The Morgan fingerprint density at radius 1 is 1.24 bits per heavy atom. The van der Waals surface area contributed by atoms with Crippen LogP contribution >= 0.6 is 0 Å². The summed E-state index contributed by atoms with van der Waals surface area (Å²) >= 11 is 0. The summed E-state index contributed by atoms with van der Waals surface area (Å²) in [6.45, 7) is 9.10. The van der Waals surface area contributed by atoms with Gasteiger partial charge in [-0.15, -0.1) is 0 Å². The van der Waals surface area contributed by atoms with E-state index in [0.29, 0.717) is 23.3 Å². The van der Waals surface area contributed by atoms with Crippen LogP contribution in [0.5, 0.6) is 0 Å². The van der Waals surface area contributed by atoms with Crippen molar-refractivity contribution in [3.05, 3.63) is 35.4 Å². The Morgan fingerprint density at radius 3 is 2.18 bits per heavy atom. The molecule has 0 radical (unpaired) electrons. The molecule has 0 aliphatic heterocycles. The minimum Gasteiger partial charge on any atom is -0.327 e. The van der Waals surface area contributed by atoms with Gasteiger partial charge < -0.3 is 5.73 Å². The molecule has 0 amide bonds. The standard InChI is InChI=1S/C16H25N/c1-11(2)13-7-5-12(6-8-13)9-15(17)14-10-16(14,3)4/h5-8,11,14-15H,9-10,17H2,1-4H3. The molecule has 1 aromatic rings. The molecule has 2 N–H and O–H groups in total. The maximum absolute atomic E-state index is 6.28. The lowest BCUT2D eigenvalue weighted by molar-refractivity contribution is 0.476. The zero-order chi connectivity index (χ0) is 12.6. The molecule has 1 aliphatic carbocycles. The molecule has 1 saturated carbocycles. The zero-order valence-corrected chi connectivity index (χ0v) is 11.5. The molecule has 0 heterocycles. The average Bonchev–Trinajstić information content (AvgIpc) is 2.89. The Bertz CT molecular complexity index is 375. The van der Waals surface area contributed by atoms with Gasteiger partial charge in [-0.3, -0.25) is 0 Å². The van der Waals surface area contributed by atoms with Gasteiger partial charge in [-0.05, 0) is 41.2 Å². The van der Waals surface area contributed by atoms with Crippen molar-refractivity contribution in [1.82, 2.24) is 0 Å². The summed E-state index contributed by atoms with van der Waals surface area (Å²) < 4.78 is 0. The first kappa shape index (κ1) is 12.6. The van der Waals surface area contributed by atoms with Crippen molar-refractivity contribution in [3.63, 3.8) is 0 Å². The minimum atomic E-state index is 0.329.